The van der Waals surface area contributed by atoms with E-state index in [1.54, 1.807) is 34.9 Å². The highest BCUT2D eigenvalue weighted by Crippen LogP contribution is 2.32. The third-order valence-corrected chi connectivity index (χ3v) is 6.54. The lowest BCUT2D eigenvalue weighted by Crippen LogP contribution is -2.37. The van der Waals surface area contributed by atoms with E-state index in [0.717, 1.165) is 0 Å². The first-order valence-corrected chi connectivity index (χ1v) is 11.4. The molecule has 0 unspecified atom stereocenters. The van der Waals surface area contributed by atoms with Crippen LogP contribution in [0.25, 0.3) is 10.9 Å². The summed E-state index contributed by atoms with van der Waals surface area (Å²) in [5, 5.41) is 1.32. The molecule has 0 N–H and O–H groups in total. The average Bonchev–Trinajstić information content (AvgIpc) is 2.81. The average molecular weight is 469 g/mol. The zero-order chi connectivity index (χ0) is 22.1. The van der Waals surface area contributed by atoms with Crippen LogP contribution in [0, 0.1) is 5.82 Å². The Morgan fingerprint density at radius 2 is 1.84 bits per heavy atom. The molecule has 0 amide bonds. The van der Waals surface area contributed by atoms with Crippen molar-refractivity contribution in [2.45, 2.75) is 23.6 Å². The predicted octanol–water partition coefficient (Wildman–Crippen LogP) is 5.32. The molecule has 8 heteroatoms. The van der Waals surface area contributed by atoms with Gasteiger partial charge < -0.3 is 9.47 Å². The molecule has 1 aromatic heterocycles. The van der Waals surface area contributed by atoms with Gasteiger partial charge in [-0.25, -0.2) is 9.37 Å². The summed E-state index contributed by atoms with van der Waals surface area (Å²) in [6.45, 7) is 0.553. The molecule has 2 heterocycles. The number of thioether (sulfide) groups is 1. The fourth-order valence-electron chi connectivity index (χ4n) is 3.58. The highest BCUT2D eigenvalue weighted by atomic mass is 35.5. The number of hydrogen-bond donors (Lipinski definition) is 0. The molecule has 0 radical (unpaired) electrons. The summed E-state index contributed by atoms with van der Waals surface area (Å²) in [7, 11) is 0. The lowest BCUT2D eigenvalue weighted by molar-refractivity contribution is 0.0757. The molecular formula is C24H18ClFN2O3S. The minimum Gasteiger partial charge on any atom is -0.486 e. The van der Waals surface area contributed by atoms with Crippen LogP contribution in [0.3, 0.4) is 0 Å². The van der Waals surface area contributed by atoms with Crippen LogP contribution in [0.2, 0.25) is 5.02 Å². The summed E-state index contributed by atoms with van der Waals surface area (Å²) in [5.74, 6) is 1.16. The molecule has 162 valence electrons. The Hall–Kier alpha value is -3.03. The van der Waals surface area contributed by atoms with E-state index in [0.29, 0.717) is 44.8 Å². The van der Waals surface area contributed by atoms with Gasteiger partial charge in [0, 0.05) is 16.3 Å². The molecule has 1 atom stereocenters. The molecule has 0 aliphatic carbocycles. The van der Waals surface area contributed by atoms with E-state index in [1.165, 1.54) is 17.8 Å². The number of rotatable bonds is 5. The van der Waals surface area contributed by atoms with Crippen molar-refractivity contribution < 1.29 is 13.9 Å². The normalized spacial score (nSPS) is 15.1. The molecule has 3 aromatic carbocycles. The van der Waals surface area contributed by atoms with Crippen molar-refractivity contribution in [2.24, 2.45) is 0 Å². The van der Waals surface area contributed by atoms with Crippen LogP contribution in [0.1, 0.15) is 5.56 Å². The fraction of sp³-hybridized carbons (Fsp3) is 0.167. The largest absolute Gasteiger partial charge is 0.486 e. The van der Waals surface area contributed by atoms with Crippen LogP contribution in [0.15, 0.2) is 76.7 Å². The van der Waals surface area contributed by atoms with Crippen LogP contribution < -0.4 is 15.0 Å². The van der Waals surface area contributed by atoms with E-state index in [1.807, 2.05) is 30.3 Å². The van der Waals surface area contributed by atoms with Crippen LogP contribution in [0.5, 0.6) is 11.5 Å². The summed E-state index contributed by atoms with van der Waals surface area (Å²) in [6, 6.07) is 19.2. The second kappa shape index (κ2) is 8.84. The number of hydrogen-bond acceptors (Lipinski definition) is 5. The first kappa shape index (κ1) is 20.8. The van der Waals surface area contributed by atoms with E-state index in [-0.39, 0.29) is 29.8 Å². The maximum Gasteiger partial charge on any atom is 0.262 e. The monoisotopic (exact) mass is 468 g/mol. The molecule has 5 rings (SSSR count). The number of para-hydroxylation sites is 3. The summed E-state index contributed by atoms with van der Waals surface area (Å²) in [4.78, 5) is 18.0. The Kier molecular flexibility index (Phi) is 5.76. The van der Waals surface area contributed by atoms with Crippen LogP contribution in [-0.2, 0) is 12.3 Å². The summed E-state index contributed by atoms with van der Waals surface area (Å²) >= 11 is 7.45. The second-order valence-electron chi connectivity index (χ2n) is 7.31. The zero-order valence-electron chi connectivity index (χ0n) is 16.8. The maximum atomic E-state index is 14.3. The predicted molar refractivity (Wildman–Crippen MR) is 123 cm³/mol. The molecule has 1 aliphatic rings. The van der Waals surface area contributed by atoms with Crippen molar-refractivity contribution in [1.82, 2.24) is 9.55 Å². The van der Waals surface area contributed by atoms with E-state index in [4.69, 9.17) is 21.1 Å². The van der Waals surface area contributed by atoms with Crippen molar-refractivity contribution in [3.05, 3.63) is 93.5 Å². The fourth-order valence-corrected chi connectivity index (χ4v) is 4.93. The quantitative estimate of drug-likeness (QED) is 0.293. The highest BCUT2D eigenvalue weighted by molar-refractivity contribution is 7.98. The molecule has 32 heavy (non-hydrogen) atoms. The second-order valence-corrected chi connectivity index (χ2v) is 8.66. The third-order valence-electron chi connectivity index (χ3n) is 5.19. The van der Waals surface area contributed by atoms with Crippen LogP contribution in [0.4, 0.5) is 4.39 Å². The van der Waals surface area contributed by atoms with Crippen LogP contribution in [-0.4, -0.2) is 22.3 Å². The van der Waals surface area contributed by atoms with Gasteiger partial charge in [0.15, 0.2) is 22.8 Å². The van der Waals surface area contributed by atoms with E-state index in [9.17, 15) is 9.18 Å². The molecule has 1 aliphatic heterocycles. The molecule has 4 aromatic rings. The molecule has 5 nitrogen and oxygen atoms in total. The van der Waals surface area contributed by atoms with Gasteiger partial charge in [-0.05, 0) is 36.4 Å². The minimum absolute atomic E-state index is 0.180. The zero-order valence-corrected chi connectivity index (χ0v) is 18.4. The molecule has 0 fully saturated rings. The van der Waals surface area contributed by atoms with Gasteiger partial charge in [0.25, 0.3) is 5.56 Å². The Bertz CT molecular complexity index is 1340. The van der Waals surface area contributed by atoms with E-state index >= 15 is 0 Å². The van der Waals surface area contributed by atoms with Gasteiger partial charge in [-0.15, -0.1) is 0 Å². The van der Waals surface area contributed by atoms with Gasteiger partial charge >= 0.3 is 0 Å². The Labute approximate surface area is 192 Å². The summed E-state index contributed by atoms with van der Waals surface area (Å²) in [5.41, 5.74) is 0.779. The molecule has 0 saturated heterocycles. The van der Waals surface area contributed by atoms with Crippen molar-refractivity contribution in [3.63, 3.8) is 0 Å². The molecular weight excluding hydrogens is 451 g/mol. The third kappa shape index (κ3) is 4.06. The number of halogens is 2. The highest BCUT2D eigenvalue weighted by Gasteiger charge is 2.24. The molecule has 0 spiro atoms. The Morgan fingerprint density at radius 3 is 2.69 bits per heavy atom. The lowest BCUT2D eigenvalue weighted by Gasteiger charge is -2.27. The number of fused-ring (bicyclic) bond motifs is 2. The summed E-state index contributed by atoms with van der Waals surface area (Å²) < 4.78 is 27.7. The van der Waals surface area contributed by atoms with E-state index < -0.39 is 0 Å². The van der Waals surface area contributed by atoms with Crippen molar-refractivity contribution >= 4 is 34.3 Å². The van der Waals surface area contributed by atoms with Crippen molar-refractivity contribution in [1.29, 1.82) is 0 Å². The van der Waals surface area contributed by atoms with Gasteiger partial charge in [0.2, 0.25) is 0 Å². The first-order valence-electron chi connectivity index (χ1n) is 10.0. The minimum atomic E-state index is -0.389. The maximum absolute atomic E-state index is 14.3. The Balaban J connectivity index is 1.49. The number of benzene rings is 3. The van der Waals surface area contributed by atoms with Crippen molar-refractivity contribution in [2.75, 3.05) is 6.61 Å². The van der Waals surface area contributed by atoms with Gasteiger partial charge in [-0.1, -0.05) is 53.7 Å². The van der Waals surface area contributed by atoms with Gasteiger partial charge in [0.05, 0.1) is 17.4 Å². The topological polar surface area (TPSA) is 53.4 Å². The SMILES string of the molecule is O=c1c2ccccc2nc(SCc2c(F)cccc2Cl)n1C[C@H]1COc2ccccc2O1. The summed E-state index contributed by atoms with van der Waals surface area (Å²) in [6.07, 6.45) is -0.373. The standard InChI is InChI=1S/C24H18ClFN2O3S/c25-18-7-5-8-19(26)17(18)14-32-24-27-20-9-2-1-6-16(20)23(29)28(24)12-15-13-30-21-10-3-4-11-22(21)31-15/h1-11,15H,12-14H2/t15-/m0/s1. The number of nitrogens with zero attached hydrogens (tertiary/aromatic N) is 2. The molecule has 0 saturated carbocycles. The van der Waals surface area contributed by atoms with Crippen LogP contribution >= 0.6 is 23.4 Å². The van der Waals surface area contributed by atoms with Gasteiger partial charge in [-0.3, -0.25) is 9.36 Å². The lowest BCUT2D eigenvalue weighted by atomic mass is 10.2. The van der Waals surface area contributed by atoms with Gasteiger partial charge in [0.1, 0.15) is 12.4 Å². The van der Waals surface area contributed by atoms with E-state index in [2.05, 4.69) is 4.98 Å². The Morgan fingerprint density at radius 1 is 1.06 bits per heavy atom. The molecule has 0 bridgehead atoms. The van der Waals surface area contributed by atoms with Gasteiger partial charge in [-0.2, -0.15) is 0 Å². The number of ether oxygens (including phenoxy) is 2. The smallest absolute Gasteiger partial charge is 0.262 e. The van der Waals surface area contributed by atoms with Crippen molar-refractivity contribution in [3.8, 4) is 11.5 Å². The number of aromatic nitrogens is 2. The first-order chi connectivity index (χ1) is 15.6.